The molecule has 0 aliphatic rings. The molecule has 0 saturated heterocycles. The number of hydrogen-bond donors (Lipinski definition) is 2. The molecule has 2 aromatic carbocycles. The highest BCUT2D eigenvalue weighted by Gasteiger charge is 2.30. The molecule has 172 valence electrons. The lowest BCUT2D eigenvalue weighted by atomic mass is 9.95. The van der Waals surface area contributed by atoms with Crippen molar-refractivity contribution >= 4 is 18.0 Å². The highest BCUT2D eigenvalue weighted by molar-refractivity contribution is 5.90. The Morgan fingerprint density at radius 1 is 0.906 bits per heavy atom. The fourth-order valence-corrected chi connectivity index (χ4v) is 3.40. The van der Waals surface area contributed by atoms with Crippen molar-refractivity contribution in [3.05, 3.63) is 70.8 Å². The van der Waals surface area contributed by atoms with Gasteiger partial charge in [0.1, 0.15) is 18.7 Å². The summed E-state index contributed by atoms with van der Waals surface area (Å²) in [5.74, 6) is -1.24. The summed E-state index contributed by atoms with van der Waals surface area (Å²) < 4.78 is 10.1. The predicted octanol–water partition coefficient (Wildman–Crippen LogP) is 3.45. The van der Waals surface area contributed by atoms with Gasteiger partial charge in [-0.1, -0.05) is 62.4 Å². The van der Waals surface area contributed by atoms with Crippen LogP contribution >= 0.6 is 0 Å². The number of aryl methyl sites for hydroxylation is 2. The summed E-state index contributed by atoms with van der Waals surface area (Å²) in [5.41, 5.74) is 3.86. The zero-order valence-corrected chi connectivity index (χ0v) is 19.3. The Morgan fingerprint density at radius 2 is 1.53 bits per heavy atom. The molecule has 2 aromatic rings. The fourth-order valence-electron chi connectivity index (χ4n) is 3.40. The minimum atomic E-state index is -0.879. The number of hydrogen-bond acceptors (Lipinski definition) is 5. The van der Waals surface area contributed by atoms with Gasteiger partial charge in [0.25, 0.3) is 0 Å². The van der Waals surface area contributed by atoms with Crippen LogP contribution in [0.4, 0.5) is 4.79 Å². The number of methoxy groups -OCH3 is 1. The maximum absolute atomic E-state index is 13.0. The molecule has 2 N–H and O–H groups in total. The van der Waals surface area contributed by atoms with E-state index >= 15 is 0 Å². The molecule has 2 rings (SSSR count). The van der Waals surface area contributed by atoms with Gasteiger partial charge in [0.15, 0.2) is 0 Å². The van der Waals surface area contributed by atoms with E-state index in [2.05, 4.69) is 10.6 Å². The summed E-state index contributed by atoms with van der Waals surface area (Å²) in [5, 5.41) is 5.36. The summed E-state index contributed by atoms with van der Waals surface area (Å²) in [4.78, 5) is 37.7. The van der Waals surface area contributed by atoms with Gasteiger partial charge in [-0.3, -0.25) is 4.79 Å². The molecule has 0 unspecified atom stereocenters. The van der Waals surface area contributed by atoms with Gasteiger partial charge in [0.2, 0.25) is 5.91 Å². The number of ether oxygens (including phenoxy) is 2. The van der Waals surface area contributed by atoms with E-state index in [1.807, 2.05) is 62.4 Å². The second-order valence-electron chi connectivity index (χ2n) is 8.09. The number of nitrogens with one attached hydrogen (secondary N) is 2. The normalized spacial score (nSPS) is 12.6. The summed E-state index contributed by atoms with van der Waals surface area (Å²) in [6.07, 6.45) is -0.410. The van der Waals surface area contributed by atoms with E-state index in [-0.39, 0.29) is 12.5 Å². The molecule has 0 aliphatic heterocycles. The molecular weight excluding hydrogens is 408 g/mol. The van der Waals surface area contributed by atoms with Crippen LogP contribution < -0.4 is 10.6 Å². The zero-order chi connectivity index (χ0) is 23.7. The molecule has 2 atom stereocenters. The number of carbonyl (C=O) groups is 3. The van der Waals surface area contributed by atoms with Crippen LogP contribution in [0.3, 0.4) is 0 Å². The van der Waals surface area contributed by atoms with Gasteiger partial charge >= 0.3 is 12.1 Å². The van der Waals surface area contributed by atoms with E-state index in [1.54, 1.807) is 13.8 Å². The Morgan fingerprint density at radius 3 is 2.09 bits per heavy atom. The highest BCUT2D eigenvalue weighted by atomic mass is 16.5. The van der Waals surface area contributed by atoms with E-state index in [1.165, 1.54) is 7.11 Å². The summed E-state index contributed by atoms with van der Waals surface area (Å²) >= 11 is 0. The van der Waals surface area contributed by atoms with Gasteiger partial charge in [-0.15, -0.1) is 0 Å². The van der Waals surface area contributed by atoms with Crippen molar-refractivity contribution in [3.63, 3.8) is 0 Å². The first-order valence-electron chi connectivity index (χ1n) is 10.6. The van der Waals surface area contributed by atoms with Gasteiger partial charge in [-0.05, 0) is 42.0 Å². The second-order valence-corrected chi connectivity index (χ2v) is 8.09. The first kappa shape index (κ1) is 24.9. The maximum Gasteiger partial charge on any atom is 0.408 e. The molecule has 32 heavy (non-hydrogen) atoms. The van der Waals surface area contributed by atoms with E-state index in [0.717, 1.165) is 22.3 Å². The molecule has 0 bridgehead atoms. The van der Waals surface area contributed by atoms with Crippen LogP contribution in [-0.4, -0.2) is 37.2 Å². The molecule has 0 spiro atoms. The van der Waals surface area contributed by atoms with Crippen molar-refractivity contribution in [2.24, 2.45) is 5.92 Å². The Balaban J connectivity index is 2.07. The van der Waals surface area contributed by atoms with Crippen LogP contribution in [0.15, 0.2) is 48.5 Å². The van der Waals surface area contributed by atoms with Gasteiger partial charge in [0, 0.05) is 6.42 Å². The number of benzene rings is 2. The first-order valence-corrected chi connectivity index (χ1v) is 10.6. The van der Waals surface area contributed by atoms with Gasteiger partial charge in [0.05, 0.1) is 7.11 Å². The summed E-state index contributed by atoms with van der Waals surface area (Å²) in [6, 6.07) is 13.4. The Bertz CT molecular complexity index is 907. The third kappa shape index (κ3) is 7.11. The zero-order valence-electron chi connectivity index (χ0n) is 19.3. The van der Waals surface area contributed by atoms with E-state index < -0.39 is 30.1 Å². The van der Waals surface area contributed by atoms with Crippen molar-refractivity contribution in [1.82, 2.24) is 10.6 Å². The van der Waals surface area contributed by atoms with Crippen LogP contribution in [0.2, 0.25) is 0 Å². The van der Waals surface area contributed by atoms with Crippen LogP contribution in [0.5, 0.6) is 0 Å². The molecule has 7 nitrogen and oxygen atoms in total. The first-order chi connectivity index (χ1) is 15.2. The lowest BCUT2D eigenvalue weighted by Gasteiger charge is -2.25. The minimum absolute atomic E-state index is 0.0937. The lowest BCUT2D eigenvalue weighted by molar-refractivity contribution is -0.145. The van der Waals surface area contributed by atoms with Gasteiger partial charge in [-0.25, -0.2) is 9.59 Å². The largest absolute Gasteiger partial charge is 0.467 e. The van der Waals surface area contributed by atoms with E-state index in [9.17, 15) is 14.4 Å². The number of alkyl carbamates (subject to hydrolysis) is 1. The molecule has 0 fully saturated rings. The van der Waals surface area contributed by atoms with Crippen molar-refractivity contribution in [1.29, 1.82) is 0 Å². The SMILES string of the molecule is COC(=O)[C@H](Cc1c(C)cccc1C)NC(=O)[C@H](NC(=O)OCc1ccccc1)C(C)C. The topological polar surface area (TPSA) is 93.7 Å². The smallest absolute Gasteiger partial charge is 0.408 e. The van der Waals surface area contributed by atoms with Gasteiger partial charge < -0.3 is 20.1 Å². The fraction of sp³-hybridized carbons (Fsp3) is 0.400. The molecule has 0 aliphatic carbocycles. The molecule has 0 heterocycles. The van der Waals surface area contributed by atoms with Crippen LogP contribution in [-0.2, 0) is 32.1 Å². The van der Waals surface area contributed by atoms with Crippen molar-refractivity contribution in [2.75, 3.05) is 7.11 Å². The van der Waals surface area contributed by atoms with Crippen LogP contribution in [0.25, 0.3) is 0 Å². The average molecular weight is 441 g/mol. The average Bonchev–Trinajstić information content (AvgIpc) is 2.77. The molecule has 0 saturated carbocycles. The van der Waals surface area contributed by atoms with Crippen molar-refractivity contribution in [2.45, 2.75) is 52.8 Å². The molecular formula is C25H32N2O5. The van der Waals surface area contributed by atoms with E-state index in [4.69, 9.17) is 9.47 Å². The van der Waals surface area contributed by atoms with Crippen molar-refractivity contribution in [3.8, 4) is 0 Å². The van der Waals surface area contributed by atoms with Crippen LogP contribution in [0, 0.1) is 19.8 Å². The monoisotopic (exact) mass is 440 g/mol. The third-order valence-corrected chi connectivity index (χ3v) is 5.29. The minimum Gasteiger partial charge on any atom is -0.467 e. The summed E-state index contributed by atoms with van der Waals surface area (Å²) in [6.45, 7) is 7.62. The maximum atomic E-state index is 13.0. The van der Waals surface area contributed by atoms with E-state index in [0.29, 0.717) is 6.42 Å². The lowest BCUT2D eigenvalue weighted by Crippen LogP contribution is -2.54. The Hall–Kier alpha value is -3.35. The quantitative estimate of drug-likeness (QED) is 0.583. The molecule has 2 amide bonds. The molecule has 0 aromatic heterocycles. The molecule has 0 radical (unpaired) electrons. The standard InChI is InChI=1S/C25H32N2O5/c1-16(2)22(27-25(30)32-15-19-12-7-6-8-13-19)23(28)26-21(24(29)31-5)14-20-17(3)10-9-11-18(20)4/h6-13,16,21-22H,14-15H2,1-5H3,(H,26,28)(H,27,30)/t21-,22+/m0/s1. The second kappa shape index (κ2) is 11.9. The number of esters is 1. The highest BCUT2D eigenvalue weighted by Crippen LogP contribution is 2.16. The number of rotatable bonds is 9. The number of carbonyl (C=O) groups excluding carboxylic acids is 3. The van der Waals surface area contributed by atoms with Crippen LogP contribution in [0.1, 0.15) is 36.1 Å². The predicted molar refractivity (Wildman–Crippen MR) is 122 cm³/mol. The van der Waals surface area contributed by atoms with Crippen molar-refractivity contribution < 1.29 is 23.9 Å². The van der Waals surface area contributed by atoms with Gasteiger partial charge in [-0.2, -0.15) is 0 Å². The third-order valence-electron chi connectivity index (χ3n) is 5.29. The number of amides is 2. The molecule has 7 heteroatoms. The Kier molecular flexibility index (Phi) is 9.25. The summed E-state index contributed by atoms with van der Waals surface area (Å²) in [7, 11) is 1.28. The Labute approximate surface area is 189 Å².